The largest absolute Gasteiger partial charge is 0.320 e. The Morgan fingerprint density at radius 3 is 2.45 bits per heavy atom. The van der Waals surface area contributed by atoms with Gasteiger partial charge in [-0.05, 0) is 12.1 Å². The van der Waals surface area contributed by atoms with E-state index in [4.69, 9.17) is 0 Å². The molecule has 1 aliphatic heterocycles. The molecule has 0 radical (unpaired) electrons. The molecule has 20 heavy (non-hydrogen) atoms. The van der Waals surface area contributed by atoms with Crippen molar-refractivity contribution in [3.05, 3.63) is 39.7 Å². The van der Waals surface area contributed by atoms with Crippen LogP contribution in [0.25, 0.3) is 0 Å². The fourth-order valence-corrected chi connectivity index (χ4v) is 1.79. The van der Waals surface area contributed by atoms with Gasteiger partial charge in [-0.25, -0.2) is 4.39 Å². The zero-order chi connectivity index (χ0) is 14.9. The van der Waals surface area contributed by atoms with Crippen LogP contribution in [0.15, 0.2) is 18.2 Å². The van der Waals surface area contributed by atoms with Crippen LogP contribution in [0.5, 0.6) is 0 Å². The number of rotatable bonds is 2. The SMILES string of the molecule is O=C1CN(C(=O)c2cc(F)ccc2[N+](=O)[O-])CC(=O)N1. The summed E-state index contributed by atoms with van der Waals surface area (Å²) in [5, 5.41) is 12.8. The number of nitro groups is 1. The van der Waals surface area contributed by atoms with Crippen molar-refractivity contribution >= 4 is 23.4 Å². The number of hydrogen-bond donors (Lipinski definition) is 1. The number of nitrogens with one attached hydrogen (secondary N) is 1. The van der Waals surface area contributed by atoms with Gasteiger partial charge in [0.15, 0.2) is 0 Å². The lowest BCUT2D eigenvalue weighted by Crippen LogP contribution is -2.53. The number of carbonyl (C=O) groups is 3. The lowest BCUT2D eigenvalue weighted by molar-refractivity contribution is -0.385. The zero-order valence-electron chi connectivity index (χ0n) is 9.96. The summed E-state index contributed by atoms with van der Waals surface area (Å²) in [7, 11) is 0. The molecule has 1 aliphatic rings. The number of hydrogen-bond acceptors (Lipinski definition) is 5. The van der Waals surface area contributed by atoms with Crippen molar-refractivity contribution in [3.63, 3.8) is 0 Å². The smallest absolute Gasteiger partial charge is 0.282 e. The van der Waals surface area contributed by atoms with E-state index in [0.717, 1.165) is 17.0 Å². The molecule has 0 unspecified atom stereocenters. The van der Waals surface area contributed by atoms with Crippen molar-refractivity contribution in [1.29, 1.82) is 0 Å². The highest BCUT2D eigenvalue weighted by molar-refractivity contribution is 6.06. The summed E-state index contributed by atoms with van der Waals surface area (Å²) in [6.07, 6.45) is 0. The molecule has 9 heteroatoms. The van der Waals surface area contributed by atoms with Gasteiger partial charge in [-0.1, -0.05) is 0 Å². The summed E-state index contributed by atoms with van der Waals surface area (Å²) >= 11 is 0. The molecule has 1 N–H and O–H groups in total. The molecule has 8 nitrogen and oxygen atoms in total. The van der Waals surface area contributed by atoms with Crippen molar-refractivity contribution < 1.29 is 23.7 Å². The molecule has 104 valence electrons. The number of halogens is 1. The van der Waals surface area contributed by atoms with Crippen LogP contribution in [0.3, 0.4) is 0 Å². The second-order valence-corrected chi connectivity index (χ2v) is 4.05. The second-order valence-electron chi connectivity index (χ2n) is 4.05. The van der Waals surface area contributed by atoms with Crippen LogP contribution in [-0.4, -0.2) is 40.6 Å². The van der Waals surface area contributed by atoms with Gasteiger partial charge in [0.1, 0.15) is 24.5 Å². The van der Waals surface area contributed by atoms with Crippen molar-refractivity contribution in [2.45, 2.75) is 0 Å². The van der Waals surface area contributed by atoms with Gasteiger partial charge in [-0.3, -0.25) is 29.8 Å². The molecular weight excluding hydrogens is 273 g/mol. The Labute approximate surface area is 111 Å². The fourth-order valence-electron chi connectivity index (χ4n) is 1.79. The molecule has 1 aromatic carbocycles. The Hall–Kier alpha value is -2.84. The number of amides is 3. The predicted octanol–water partition coefficient (Wildman–Crippen LogP) is -0.167. The Kier molecular flexibility index (Phi) is 3.42. The van der Waals surface area contributed by atoms with Crippen LogP contribution in [0.4, 0.5) is 10.1 Å². The minimum Gasteiger partial charge on any atom is -0.320 e. The van der Waals surface area contributed by atoms with E-state index in [1.807, 2.05) is 5.32 Å². The molecule has 1 heterocycles. The maximum Gasteiger partial charge on any atom is 0.282 e. The van der Waals surface area contributed by atoms with Gasteiger partial charge >= 0.3 is 0 Å². The van der Waals surface area contributed by atoms with Crippen LogP contribution in [0.1, 0.15) is 10.4 Å². The summed E-state index contributed by atoms with van der Waals surface area (Å²) in [5.74, 6) is -3.17. The van der Waals surface area contributed by atoms with E-state index in [1.54, 1.807) is 0 Å². The van der Waals surface area contributed by atoms with E-state index >= 15 is 0 Å². The van der Waals surface area contributed by atoms with Crippen LogP contribution < -0.4 is 5.32 Å². The quantitative estimate of drug-likeness (QED) is 0.460. The topological polar surface area (TPSA) is 110 Å². The number of nitrogens with zero attached hydrogens (tertiary/aromatic N) is 2. The molecule has 0 aliphatic carbocycles. The van der Waals surface area contributed by atoms with Gasteiger partial charge in [-0.15, -0.1) is 0 Å². The summed E-state index contributed by atoms with van der Waals surface area (Å²) in [5.41, 5.74) is -1.09. The molecule has 3 amide bonds. The van der Waals surface area contributed by atoms with E-state index in [9.17, 15) is 28.9 Å². The number of piperazine rings is 1. The summed E-state index contributed by atoms with van der Waals surface area (Å²) < 4.78 is 13.2. The van der Waals surface area contributed by atoms with Gasteiger partial charge in [0, 0.05) is 6.07 Å². The molecule has 0 saturated carbocycles. The average Bonchev–Trinajstić information content (AvgIpc) is 2.36. The van der Waals surface area contributed by atoms with E-state index in [2.05, 4.69) is 0 Å². The van der Waals surface area contributed by atoms with E-state index in [1.165, 1.54) is 0 Å². The monoisotopic (exact) mass is 281 g/mol. The molecule has 0 atom stereocenters. The third kappa shape index (κ3) is 2.60. The summed E-state index contributed by atoms with van der Waals surface area (Å²) in [6, 6.07) is 2.41. The first-order valence-electron chi connectivity index (χ1n) is 5.44. The average molecular weight is 281 g/mol. The fraction of sp³-hybridized carbons (Fsp3) is 0.182. The maximum absolute atomic E-state index is 13.2. The zero-order valence-corrected chi connectivity index (χ0v) is 9.96. The number of benzene rings is 1. The highest BCUT2D eigenvalue weighted by Crippen LogP contribution is 2.21. The van der Waals surface area contributed by atoms with E-state index < -0.39 is 52.8 Å². The van der Waals surface area contributed by atoms with Crippen molar-refractivity contribution in [3.8, 4) is 0 Å². The first-order valence-corrected chi connectivity index (χ1v) is 5.44. The normalized spacial score (nSPS) is 14.9. The molecular formula is C11H8FN3O5. The van der Waals surface area contributed by atoms with Gasteiger partial charge < -0.3 is 4.90 Å². The summed E-state index contributed by atoms with van der Waals surface area (Å²) in [4.78, 5) is 45.2. The molecule has 2 rings (SSSR count). The lowest BCUT2D eigenvalue weighted by Gasteiger charge is -2.25. The lowest BCUT2D eigenvalue weighted by atomic mass is 10.1. The third-order valence-electron chi connectivity index (χ3n) is 2.62. The van der Waals surface area contributed by atoms with Gasteiger partial charge in [0.25, 0.3) is 11.6 Å². The third-order valence-corrected chi connectivity index (χ3v) is 2.62. The predicted molar refractivity (Wildman–Crippen MR) is 62.1 cm³/mol. The Morgan fingerprint density at radius 1 is 1.30 bits per heavy atom. The molecule has 1 fully saturated rings. The maximum atomic E-state index is 13.2. The highest BCUT2D eigenvalue weighted by atomic mass is 19.1. The number of nitro benzene ring substituents is 1. The van der Waals surface area contributed by atoms with Crippen LogP contribution in [-0.2, 0) is 9.59 Å². The number of carbonyl (C=O) groups excluding carboxylic acids is 3. The minimum absolute atomic E-state index is 0.418. The van der Waals surface area contributed by atoms with Gasteiger partial charge in [-0.2, -0.15) is 0 Å². The molecule has 1 saturated heterocycles. The standard InChI is InChI=1S/C11H8FN3O5/c12-6-1-2-8(15(19)20)7(3-6)11(18)14-4-9(16)13-10(17)5-14/h1-3H,4-5H2,(H,13,16,17). The Bertz CT molecular complexity index is 614. The molecule has 0 bridgehead atoms. The number of imide groups is 1. The molecule has 1 aromatic rings. The first-order chi connectivity index (χ1) is 9.38. The first kappa shape index (κ1) is 13.6. The molecule has 0 spiro atoms. The Balaban J connectivity index is 2.37. The second kappa shape index (κ2) is 5.03. The summed E-state index contributed by atoms with van der Waals surface area (Å²) in [6.45, 7) is -0.837. The van der Waals surface area contributed by atoms with E-state index in [-0.39, 0.29) is 0 Å². The Morgan fingerprint density at radius 2 is 1.90 bits per heavy atom. The molecule has 0 aromatic heterocycles. The van der Waals surface area contributed by atoms with E-state index in [0.29, 0.717) is 6.07 Å². The van der Waals surface area contributed by atoms with Gasteiger partial charge in [0.05, 0.1) is 4.92 Å². The van der Waals surface area contributed by atoms with Gasteiger partial charge in [0.2, 0.25) is 11.8 Å². The van der Waals surface area contributed by atoms with Crippen molar-refractivity contribution in [2.75, 3.05) is 13.1 Å². The van der Waals surface area contributed by atoms with Crippen LogP contribution >= 0.6 is 0 Å². The van der Waals surface area contributed by atoms with Crippen molar-refractivity contribution in [2.24, 2.45) is 0 Å². The highest BCUT2D eigenvalue weighted by Gasteiger charge is 2.31. The van der Waals surface area contributed by atoms with Crippen molar-refractivity contribution in [1.82, 2.24) is 10.2 Å². The van der Waals surface area contributed by atoms with Crippen LogP contribution in [0.2, 0.25) is 0 Å². The minimum atomic E-state index is -0.945. The van der Waals surface area contributed by atoms with Crippen LogP contribution in [0, 0.1) is 15.9 Å².